The number of carbonyl (C=O) groups excluding carboxylic acids is 2. The zero-order chi connectivity index (χ0) is 18.1. The van der Waals surface area contributed by atoms with Crippen LogP contribution >= 0.6 is 0 Å². The predicted octanol–water partition coefficient (Wildman–Crippen LogP) is 2.34. The van der Waals surface area contributed by atoms with Crippen molar-refractivity contribution < 1.29 is 9.59 Å². The molecule has 1 aromatic heterocycles. The molecule has 2 bridgehead atoms. The Bertz CT molecular complexity index is 1070. The summed E-state index contributed by atoms with van der Waals surface area (Å²) in [7, 11) is 0. The number of aromatic amines is 1. The Morgan fingerprint density at radius 2 is 1.89 bits per heavy atom. The van der Waals surface area contributed by atoms with E-state index >= 15 is 0 Å². The molecule has 3 unspecified atom stereocenters. The highest BCUT2D eigenvalue weighted by atomic mass is 16.2. The van der Waals surface area contributed by atoms with Crippen molar-refractivity contribution >= 4 is 28.4 Å². The molecular formula is C19H16N6O2. The first kappa shape index (κ1) is 14.8. The number of imide groups is 1. The summed E-state index contributed by atoms with van der Waals surface area (Å²) in [4.78, 5) is 29.5. The van der Waals surface area contributed by atoms with E-state index in [1.54, 1.807) is 0 Å². The molecule has 2 aliphatic heterocycles. The number of nitrogens with one attached hydrogen (secondary N) is 1. The van der Waals surface area contributed by atoms with E-state index in [-0.39, 0.29) is 24.0 Å². The number of tetrazole rings is 1. The number of piperidine rings is 1. The van der Waals surface area contributed by atoms with Crippen LogP contribution in [0.15, 0.2) is 36.4 Å². The Morgan fingerprint density at radius 1 is 1.04 bits per heavy atom. The zero-order valence-corrected chi connectivity index (χ0v) is 14.4. The third-order valence-electron chi connectivity index (χ3n) is 6.20. The van der Waals surface area contributed by atoms with Crippen molar-refractivity contribution in [3.8, 4) is 11.4 Å². The van der Waals surface area contributed by atoms with Crippen molar-refractivity contribution in [2.24, 2.45) is 5.92 Å². The quantitative estimate of drug-likeness (QED) is 0.708. The summed E-state index contributed by atoms with van der Waals surface area (Å²) in [6.45, 7) is 0. The fourth-order valence-corrected chi connectivity index (χ4v) is 5.09. The molecule has 3 atom stereocenters. The molecule has 1 saturated carbocycles. The second kappa shape index (κ2) is 5.12. The Balaban J connectivity index is 1.52. The zero-order valence-electron chi connectivity index (χ0n) is 14.4. The van der Waals surface area contributed by atoms with Crippen LogP contribution in [0, 0.1) is 5.92 Å². The van der Waals surface area contributed by atoms with Crippen molar-refractivity contribution in [1.29, 1.82) is 0 Å². The molecule has 2 aromatic carbocycles. The minimum atomic E-state index is -0.285. The summed E-state index contributed by atoms with van der Waals surface area (Å²) in [5.41, 5.74) is 1.43. The molecule has 3 aromatic rings. The van der Waals surface area contributed by atoms with Gasteiger partial charge in [0.25, 0.3) is 5.91 Å². The Hall–Kier alpha value is -3.29. The molecule has 0 spiro atoms. The monoisotopic (exact) mass is 360 g/mol. The number of fused-ring (bicyclic) bond motifs is 6. The van der Waals surface area contributed by atoms with Gasteiger partial charge in [-0.25, -0.2) is 9.69 Å². The fraction of sp³-hybridized carbons (Fsp3) is 0.316. The van der Waals surface area contributed by atoms with Gasteiger partial charge in [-0.2, -0.15) is 5.21 Å². The normalized spacial score (nSPS) is 26.4. The van der Waals surface area contributed by atoms with Gasteiger partial charge in [0.05, 0.1) is 5.69 Å². The highest BCUT2D eigenvalue weighted by molar-refractivity contribution is 6.25. The average molecular weight is 360 g/mol. The Kier molecular flexibility index (Phi) is 2.81. The largest absolute Gasteiger partial charge is 0.332 e. The summed E-state index contributed by atoms with van der Waals surface area (Å²) in [6, 6.07) is 11.1. The molecule has 0 radical (unpaired) electrons. The van der Waals surface area contributed by atoms with Gasteiger partial charge >= 0.3 is 6.03 Å². The van der Waals surface area contributed by atoms with E-state index in [0.717, 1.165) is 35.6 Å². The van der Waals surface area contributed by atoms with Crippen LogP contribution in [0.5, 0.6) is 0 Å². The van der Waals surface area contributed by atoms with Gasteiger partial charge in [-0.1, -0.05) is 24.3 Å². The van der Waals surface area contributed by atoms with E-state index in [9.17, 15) is 9.59 Å². The van der Waals surface area contributed by atoms with E-state index < -0.39 is 0 Å². The molecule has 3 amide bonds. The van der Waals surface area contributed by atoms with Crippen LogP contribution in [0.25, 0.3) is 22.2 Å². The third-order valence-corrected chi connectivity index (χ3v) is 6.20. The molecule has 27 heavy (non-hydrogen) atoms. The second-order valence-corrected chi connectivity index (χ2v) is 7.45. The van der Waals surface area contributed by atoms with Gasteiger partial charge in [-0.15, -0.1) is 10.2 Å². The van der Waals surface area contributed by atoms with Crippen LogP contribution in [-0.2, 0) is 4.79 Å². The first-order chi connectivity index (χ1) is 13.2. The molecule has 1 aliphatic carbocycles. The number of amides is 3. The van der Waals surface area contributed by atoms with E-state index in [4.69, 9.17) is 0 Å². The first-order valence-electron chi connectivity index (χ1n) is 9.16. The smallest absolute Gasteiger partial charge is 0.309 e. The van der Waals surface area contributed by atoms with Crippen LogP contribution in [0.3, 0.4) is 0 Å². The van der Waals surface area contributed by atoms with Crippen LogP contribution in [0.4, 0.5) is 10.5 Å². The number of urea groups is 1. The minimum absolute atomic E-state index is 0.0929. The lowest BCUT2D eigenvalue weighted by Crippen LogP contribution is -2.40. The number of rotatable bonds is 2. The SMILES string of the molecule is O=C1C2C3CCC(C3)N2C(=O)N1c1ccc(-c2nn[nH]n2)c2ccccc12. The molecule has 3 heterocycles. The fourth-order valence-electron chi connectivity index (χ4n) is 5.09. The maximum absolute atomic E-state index is 13.2. The summed E-state index contributed by atoms with van der Waals surface area (Å²) in [5.74, 6) is 0.696. The van der Waals surface area contributed by atoms with Crippen LogP contribution in [-0.4, -0.2) is 49.5 Å². The molecular weight excluding hydrogens is 344 g/mol. The number of hydrogen-bond acceptors (Lipinski definition) is 5. The van der Waals surface area contributed by atoms with Crippen molar-refractivity contribution in [2.45, 2.75) is 31.3 Å². The van der Waals surface area contributed by atoms with Gasteiger partial charge in [0.2, 0.25) is 5.82 Å². The minimum Gasteiger partial charge on any atom is -0.309 e. The van der Waals surface area contributed by atoms with E-state index in [2.05, 4.69) is 20.6 Å². The number of hydrogen-bond donors (Lipinski definition) is 1. The molecule has 3 aliphatic rings. The number of aromatic nitrogens is 4. The first-order valence-corrected chi connectivity index (χ1v) is 9.16. The molecule has 1 N–H and O–H groups in total. The lowest BCUT2D eigenvalue weighted by molar-refractivity contribution is -0.120. The second-order valence-electron chi connectivity index (χ2n) is 7.45. The van der Waals surface area contributed by atoms with Crippen molar-refractivity contribution in [1.82, 2.24) is 25.5 Å². The van der Waals surface area contributed by atoms with Crippen molar-refractivity contribution in [3.05, 3.63) is 36.4 Å². The van der Waals surface area contributed by atoms with E-state index in [1.807, 2.05) is 41.3 Å². The highest BCUT2D eigenvalue weighted by Gasteiger charge is 2.59. The third kappa shape index (κ3) is 1.84. The van der Waals surface area contributed by atoms with Gasteiger partial charge in [-0.05, 0) is 47.9 Å². The molecule has 6 rings (SSSR count). The molecule has 8 nitrogen and oxygen atoms in total. The summed E-state index contributed by atoms with van der Waals surface area (Å²) < 4.78 is 0. The number of nitrogens with zero attached hydrogens (tertiary/aromatic N) is 5. The number of carbonyl (C=O) groups is 2. The molecule has 134 valence electrons. The summed E-state index contributed by atoms with van der Waals surface area (Å²) in [5, 5.41) is 15.9. The van der Waals surface area contributed by atoms with E-state index in [1.165, 1.54) is 4.90 Å². The van der Waals surface area contributed by atoms with Crippen LogP contribution < -0.4 is 4.90 Å². The number of anilines is 1. The summed E-state index contributed by atoms with van der Waals surface area (Å²) in [6.07, 6.45) is 3.01. The molecule has 3 fully saturated rings. The molecule has 8 heteroatoms. The van der Waals surface area contributed by atoms with Gasteiger partial charge < -0.3 is 4.90 Å². The lowest BCUT2D eigenvalue weighted by atomic mass is 9.98. The summed E-state index contributed by atoms with van der Waals surface area (Å²) >= 11 is 0. The Morgan fingerprint density at radius 3 is 2.67 bits per heavy atom. The standard InChI is InChI=1S/C19H16N6O2/c26-18-16-10-5-6-11(9-10)24(16)19(27)25(18)15-8-7-14(17-20-22-23-21-17)12-3-1-2-4-13(12)15/h1-4,7-8,10-11,16H,5-6,9H2,(H,20,21,22,23). The van der Waals surface area contributed by atoms with Crippen molar-refractivity contribution in [2.75, 3.05) is 4.90 Å². The van der Waals surface area contributed by atoms with Gasteiger partial charge in [0, 0.05) is 17.0 Å². The van der Waals surface area contributed by atoms with Gasteiger partial charge in [-0.3, -0.25) is 4.79 Å². The maximum atomic E-state index is 13.2. The van der Waals surface area contributed by atoms with Crippen LogP contribution in [0.1, 0.15) is 19.3 Å². The lowest BCUT2D eigenvalue weighted by Gasteiger charge is -2.25. The Labute approximate surface area is 154 Å². The maximum Gasteiger partial charge on any atom is 0.332 e. The van der Waals surface area contributed by atoms with Crippen molar-refractivity contribution in [3.63, 3.8) is 0 Å². The van der Waals surface area contributed by atoms with E-state index in [0.29, 0.717) is 17.4 Å². The average Bonchev–Trinajstić information content (AvgIpc) is 3.46. The number of H-pyrrole nitrogens is 1. The topological polar surface area (TPSA) is 95.1 Å². The van der Waals surface area contributed by atoms with Gasteiger partial charge in [0.1, 0.15) is 6.04 Å². The van der Waals surface area contributed by atoms with Gasteiger partial charge in [0.15, 0.2) is 0 Å². The predicted molar refractivity (Wildman–Crippen MR) is 96.8 cm³/mol. The van der Waals surface area contributed by atoms with Crippen LogP contribution in [0.2, 0.25) is 0 Å². The number of benzene rings is 2. The molecule has 2 saturated heterocycles. The highest BCUT2D eigenvalue weighted by Crippen LogP contribution is 2.48.